The van der Waals surface area contributed by atoms with Crippen molar-refractivity contribution in [3.8, 4) is 5.75 Å². The molecule has 29 heavy (non-hydrogen) atoms. The summed E-state index contributed by atoms with van der Waals surface area (Å²) in [5.41, 5.74) is 0.582. The van der Waals surface area contributed by atoms with Crippen LogP contribution in [0.3, 0.4) is 0 Å². The van der Waals surface area contributed by atoms with Gasteiger partial charge >= 0.3 is 0 Å². The van der Waals surface area contributed by atoms with Crippen molar-refractivity contribution in [2.45, 2.75) is 6.04 Å². The van der Waals surface area contributed by atoms with Gasteiger partial charge < -0.3 is 19.6 Å². The van der Waals surface area contributed by atoms with Crippen LogP contribution >= 0.6 is 11.3 Å². The zero-order valence-corrected chi connectivity index (χ0v) is 17.3. The molecule has 1 amide bonds. The number of Topliss-reactive ketones (excluding diaryl/α,β-unsaturated/α-hetero) is 1. The number of aliphatic hydroxyl groups is 1. The number of aliphatic hydroxyl groups excluding tert-OH is 1. The van der Waals surface area contributed by atoms with Crippen molar-refractivity contribution in [3.63, 3.8) is 0 Å². The van der Waals surface area contributed by atoms with Gasteiger partial charge in [-0.3, -0.25) is 9.59 Å². The number of ketones is 1. The quantitative estimate of drug-likeness (QED) is 0.312. The number of hydrogen-bond donors (Lipinski definition) is 1. The standard InChI is InChI=1S/C22H24N2O4S/c1-4-13-28-16-9-7-15(8-10-16)20(25)18-19(17-6-5-14-29-17)24(12-11-23(2)3)22(27)21(18)26/h4-10,14,19,25H,1,11-13H2,2-3H3/b20-18+/t19-/m0/s1. The summed E-state index contributed by atoms with van der Waals surface area (Å²) < 4.78 is 5.46. The van der Waals surface area contributed by atoms with E-state index in [0.717, 1.165) is 4.88 Å². The molecule has 1 fully saturated rings. The molecule has 1 saturated heterocycles. The minimum Gasteiger partial charge on any atom is -0.507 e. The summed E-state index contributed by atoms with van der Waals surface area (Å²) in [6.45, 7) is 4.99. The molecule has 1 aliphatic rings. The number of likely N-dealkylation sites (tertiary alicyclic amines) is 1. The molecular formula is C22H24N2O4S. The molecule has 6 nitrogen and oxygen atoms in total. The van der Waals surface area contributed by atoms with Gasteiger partial charge in [-0.2, -0.15) is 0 Å². The van der Waals surface area contributed by atoms with Gasteiger partial charge in [0.15, 0.2) is 0 Å². The molecule has 0 aliphatic carbocycles. The van der Waals surface area contributed by atoms with E-state index in [1.54, 1.807) is 35.2 Å². The fraction of sp³-hybridized carbons (Fsp3) is 0.273. The Labute approximate surface area is 174 Å². The molecule has 2 heterocycles. The lowest BCUT2D eigenvalue weighted by atomic mass is 10.00. The molecule has 0 unspecified atom stereocenters. The van der Waals surface area contributed by atoms with Crippen LogP contribution in [0.1, 0.15) is 16.5 Å². The van der Waals surface area contributed by atoms with Crippen LogP contribution in [0, 0.1) is 0 Å². The Morgan fingerprint density at radius 2 is 2.00 bits per heavy atom. The summed E-state index contributed by atoms with van der Waals surface area (Å²) in [5, 5.41) is 12.9. The zero-order valence-electron chi connectivity index (χ0n) is 16.5. The molecule has 3 rings (SSSR count). The van der Waals surface area contributed by atoms with Crippen LogP contribution in [0.5, 0.6) is 5.75 Å². The van der Waals surface area contributed by atoms with E-state index < -0.39 is 17.7 Å². The molecule has 0 bridgehead atoms. The van der Waals surface area contributed by atoms with Gasteiger partial charge in [0, 0.05) is 23.5 Å². The van der Waals surface area contributed by atoms with Crippen LogP contribution in [0.15, 0.2) is 60.0 Å². The molecule has 1 aromatic heterocycles. The maximum absolute atomic E-state index is 12.8. The SMILES string of the molecule is C=CCOc1ccc(/C(O)=C2\C(=O)C(=O)N(CCN(C)C)[C@H]2c2cccs2)cc1. The third kappa shape index (κ3) is 4.41. The van der Waals surface area contributed by atoms with Crippen LogP contribution in [0.25, 0.3) is 5.76 Å². The van der Waals surface area contributed by atoms with E-state index in [9.17, 15) is 14.7 Å². The second-order valence-corrected chi connectivity index (χ2v) is 7.91. The van der Waals surface area contributed by atoms with Crippen molar-refractivity contribution >= 4 is 28.8 Å². The summed E-state index contributed by atoms with van der Waals surface area (Å²) in [7, 11) is 3.82. The number of nitrogens with zero attached hydrogens (tertiary/aromatic N) is 2. The van der Waals surface area contributed by atoms with Gasteiger partial charge in [-0.25, -0.2) is 0 Å². The van der Waals surface area contributed by atoms with Crippen molar-refractivity contribution < 1.29 is 19.4 Å². The molecule has 152 valence electrons. The van der Waals surface area contributed by atoms with Crippen LogP contribution in [-0.4, -0.2) is 60.4 Å². The first-order valence-corrected chi connectivity index (χ1v) is 10.1. The van der Waals surface area contributed by atoms with Crippen molar-refractivity contribution in [1.82, 2.24) is 9.80 Å². The molecule has 0 spiro atoms. The minimum atomic E-state index is -0.661. The van der Waals surface area contributed by atoms with Gasteiger partial charge in [-0.1, -0.05) is 18.7 Å². The van der Waals surface area contributed by atoms with Crippen molar-refractivity contribution in [2.24, 2.45) is 0 Å². The number of thiophene rings is 1. The zero-order chi connectivity index (χ0) is 21.0. The van der Waals surface area contributed by atoms with Gasteiger partial charge in [0.05, 0.1) is 11.6 Å². The highest BCUT2D eigenvalue weighted by Gasteiger charge is 2.46. The van der Waals surface area contributed by atoms with E-state index in [0.29, 0.717) is 31.0 Å². The van der Waals surface area contributed by atoms with E-state index >= 15 is 0 Å². The molecule has 1 atom stereocenters. The number of likely N-dealkylation sites (N-methyl/N-ethyl adjacent to an activating group) is 1. The largest absolute Gasteiger partial charge is 0.507 e. The molecule has 1 aromatic carbocycles. The Balaban J connectivity index is 2.00. The topological polar surface area (TPSA) is 70.1 Å². The average Bonchev–Trinajstić information content (AvgIpc) is 3.32. The number of benzene rings is 1. The number of hydrogen-bond acceptors (Lipinski definition) is 6. The lowest BCUT2D eigenvalue weighted by Gasteiger charge is -2.25. The summed E-state index contributed by atoms with van der Waals surface area (Å²) in [4.78, 5) is 29.9. The highest BCUT2D eigenvalue weighted by atomic mass is 32.1. The Bertz CT molecular complexity index is 917. The van der Waals surface area contributed by atoms with Gasteiger partial charge in [0.2, 0.25) is 0 Å². The highest BCUT2D eigenvalue weighted by molar-refractivity contribution is 7.10. The molecule has 1 N–H and O–H groups in total. The predicted molar refractivity (Wildman–Crippen MR) is 114 cm³/mol. The number of amides is 1. The van der Waals surface area contributed by atoms with Gasteiger partial charge in [-0.05, 0) is 49.8 Å². The fourth-order valence-electron chi connectivity index (χ4n) is 3.18. The molecular weight excluding hydrogens is 388 g/mol. The Kier molecular flexibility index (Phi) is 6.51. The normalized spacial score (nSPS) is 18.4. The van der Waals surface area contributed by atoms with Crippen LogP contribution in [0.4, 0.5) is 0 Å². The Hall–Kier alpha value is -2.90. The van der Waals surface area contributed by atoms with E-state index in [1.807, 2.05) is 36.5 Å². The molecule has 0 radical (unpaired) electrons. The van der Waals surface area contributed by atoms with E-state index in [2.05, 4.69) is 6.58 Å². The summed E-state index contributed by atoms with van der Waals surface area (Å²) in [6.07, 6.45) is 1.64. The second kappa shape index (κ2) is 9.07. The third-order valence-electron chi connectivity index (χ3n) is 4.64. The van der Waals surface area contributed by atoms with Crippen molar-refractivity contribution in [1.29, 1.82) is 0 Å². The number of carbonyl (C=O) groups is 2. The van der Waals surface area contributed by atoms with Gasteiger partial charge in [0.25, 0.3) is 11.7 Å². The van der Waals surface area contributed by atoms with Crippen molar-refractivity contribution in [2.75, 3.05) is 33.8 Å². The van der Waals surface area contributed by atoms with Gasteiger partial charge in [0.1, 0.15) is 18.1 Å². The lowest BCUT2D eigenvalue weighted by Crippen LogP contribution is -2.35. The summed E-state index contributed by atoms with van der Waals surface area (Å²) >= 11 is 1.46. The molecule has 0 saturated carbocycles. The fourth-order valence-corrected chi connectivity index (χ4v) is 4.03. The van der Waals surface area contributed by atoms with Gasteiger partial charge in [-0.15, -0.1) is 11.3 Å². The van der Waals surface area contributed by atoms with Crippen LogP contribution in [0.2, 0.25) is 0 Å². The number of ether oxygens (including phenoxy) is 1. The highest BCUT2D eigenvalue weighted by Crippen LogP contribution is 2.41. The molecule has 2 aromatic rings. The first-order chi connectivity index (χ1) is 13.9. The first kappa shape index (κ1) is 20.8. The predicted octanol–water partition coefficient (Wildman–Crippen LogP) is 3.30. The molecule has 1 aliphatic heterocycles. The smallest absolute Gasteiger partial charge is 0.295 e. The first-order valence-electron chi connectivity index (χ1n) is 9.24. The Morgan fingerprint density at radius 3 is 2.59 bits per heavy atom. The monoisotopic (exact) mass is 412 g/mol. The number of carbonyl (C=O) groups excluding carboxylic acids is 2. The average molecular weight is 413 g/mol. The van der Waals surface area contributed by atoms with E-state index in [1.165, 1.54) is 11.3 Å². The summed E-state index contributed by atoms with van der Waals surface area (Å²) in [6, 6.07) is 9.92. The Morgan fingerprint density at radius 1 is 1.28 bits per heavy atom. The maximum Gasteiger partial charge on any atom is 0.295 e. The van der Waals surface area contributed by atoms with E-state index in [-0.39, 0.29) is 11.3 Å². The van der Waals surface area contributed by atoms with Crippen LogP contribution in [-0.2, 0) is 9.59 Å². The third-order valence-corrected chi connectivity index (χ3v) is 5.56. The van der Waals surface area contributed by atoms with Crippen LogP contribution < -0.4 is 4.74 Å². The van der Waals surface area contributed by atoms with E-state index in [4.69, 9.17) is 4.74 Å². The summed E-state index contributed by atoms with van der Waals surface area (Å²) in [5.74, 6) is -0.795. The molecule has 7 heteroatoms. The maximum atomic E-state index is 12.8. The lowest BCUT2D eigenvalue weighted by molar-refractivity contribution is -0.140. The second-order valence-electron chi connectivity index (χ2n) is 6.94. The number of rotatable bonds is 8. The minimum absolute atomic E-state index is 0.121. The van der Waals surface area contributed by atoms with Crippen molar-refractivity contribution in [3.05, 3.63) is 70.4 Å².